The third-order valence-corrected chi connectivity index (χ3v) is 7.69. The number of rotatable bonds is 4. The number of hydrogen-bond donors (Lipinski definition) is 0. The van der Waals surface area contributed by atoms with E-state index in [1.54, 1.807) is 68.8 Å². The molecule has 0 N–H and O–H groups in total. The van der Waals surface area contributed by atoms with Gasteiger partial charge in [0.15, 0.2) is 48.2 Å². The van der Waals surface area contributed by atoms with Crippen molar-refractivity contribution in [2.75, 3.05) is 0 Å². The van der Waals surface area contributed by atoms with Crippen molar-refractivity contribution in [2.24, 2.45) is 28.2 Å². The van der Waals surface area contributed by atoms with E-state index >= 15 is 0 Å². The van der Waals surface area contributed by atoms with Gasteiger partial charge in [-0.15, -0.1) is 18.7 Å². The van der Waals surface area contributed by atoms with E-state index in [0.29, 0.717) is 0 Å². The quantitative estimate of drug-likeness (QED) is 0.156. The van der Waals surface area contributed by atoms with Crippen molar-refractivity contribution in [1.82, 2.24) is 69.5 Å². The Morgan fingerprint density at radius 3 is 1.13 bits per heavy atom. The van der Waals surface area contributed by atoms with E-state index in [-0.39, 0.29) is 0 Å². The Bertz CT molecular complexity index is 2010. The lowest BCUT2D eigenvalue weighted by Gasteiger charge is -1.99. The van der Waals surface area contributed by atoms with Crippen LogP contribution in [-0.2, 0) is 28.2 Å². The zero-order valence-corrected chi connectivity index (χ0v) is 46.4. The average molecular weight is 943 g/mol. The standard InChI is InChI=1S/2C9H11N4.2C8H10N5.8C2H6/c1-8-7-10-4-3-9(8)13-6-5-11-12(13)2;1-8-9(4-3-5-10-8)13-7-6-11-12(13)2;1-7-8(5-9-6-10-7)13-4-3-11-12(13)2;1-7-5-9-6-10-8(7)13-4-3-11-12(13)2;8*1-2/h2*3-7H,1-2H3;2*3-6H,1-2H3;8*1-2H3/q4*+1;;;;;;;;. The van der Waals surface area contributed by atoms with E-state index in [0.717, 1.165) is 45.4 Å². The molecule has 0 aromatic carbocycles. The molecule has 0 amide bonds. The van der Waals surface area contributed by atoms with E-state index in [1.807, 2.05) is 235 Å². The van der Waals surface area contributed by atoms with E-state index in [9.17, 15) is 0 Å². The van der Waals surface area contributed by atoms with Gasteiger partial charge in [0.05, 0.1) is 45.8 Å². The van der Waals surface area contributed by atoms with Crippen LogP contribution in [0, 0.1) is 27.7 Å². The monoisotopic (exact) mass is 943 g/mol. The summed E-state index contributed by atoms with van der Waals surface area (Å²) in [6.45, 7) is 39.9. The Morgan fingerprint density at radius 1 is 0.353 bits per heavy atom. The van der Waals surface area contributed by atoms with Crippen molar-refractivity contribution in [2.45, 2.75) is 138 Å². The molecule has 8 aromatic rings. The molecule has 18 heteroatoms. The zero-order valence-electron chi connectivity index (χ0n) is 46.4. The second-order valence-corrected chi connectivity index (χ2v) is 11.3. The Labute approximate surface area is 410 Å². The first kappa shape index (κ1) is 67.6. The van der Waals surface area contributed by atoms with E-state index in [2.05, 4.69) is 50.3 Å². The number of aromatic nitrogens is 18. The molecular formula is C50H90N18+4. The smallest absolute Gasteiger partial charge is 0.264 e. The molecular weight excluding hydrogens is 853 g/mol. The van der Waals surface area contributed by atoms with Gasteiger partial charge in [0.1, 0.15) is 12.5 Å². The number of aryl methyl sites for hydroxylation is 8. The molecule has 0 bridgehead atoms. The van der Waals surface area contributed by atoms with Crippen molar-refractivity contribution >= 4 is 0 Å². The summed E-state index contributed by atoms with van der Waals surface area (Å²) in [5.74, 6) is 0.856. The molecule has 376 valence electrons. The summed E-state index contributed by atoms with van der Waals surface area (Å²) < 4.78 is 7.66. The summed E-state index contributed by atoms with van der Waals surface area (Å²) in [6, 6.07) is 5.91. The summed E-state index contributed by atoms with van der Waals surface area (Å²) in [4.78, 5) is 31.4. The molecule has 0 spiro atoms. The Morgan fingerprint density at radius 2 is 0.735 bits per heavy atom. The predicted molar refractivity (Wildman–Crippen MR) is 275 cm³/mol. The van der Waals surface area contributed by atoms with Crippen molar-refractivity contribution < 1.29 is 18.7 Å². The van der Waals surface area contributed by atoms with Gasteiger partial charge < -0.3 is 0 Å². The third kappa shape index (κ3) is 23.0. The van der Waals surface area contributed by atoms with E-state index in [4.69, 9.17) is 0 Å². The maximum Gasteiger partial charge on any atom is 0.290 e. The maximum atomic E-state index is 4.21. The first-order valence-corrected chi connectivity index (χ1v) is 24.1. The number of nitrogens with zero attached hydrogens (tertiary/aromatic N) is 18. The first-order chi connectivity index (χ1) is 33.2. The van der Waals surface area contributed by atoms with Crippen LogP contribution < -0.4 is 18.7 Å². The molecule has 8 aromatic heterocycles. The molecule has 0 saturated carbocycles. The van der Waals surface area contributed by atoms with Crippen LogP contribution in [0.3, 0.4) is 0 Å². The molecule has 0 aliphatic rings. The topological polar surface area (TPSA) is 164 Å². The largest absolute Gasteiger partial charge is 0.290 e. The van der Waals surface area contributed by atoms with Gasteiger partial charge in [-0.05, 0) is 59.3 Å². The van der Waals surface area contributed by atoms with Gasteiger partial charge in [-0.1, -0.05) is 121 Å². The molecule has 0 aliphatic carbocycles. The highest BCUT2D eigenvalue weighted by molar-refractivity contribution is 5.28. The van der Waals surface area contributed by atoms with Crippen LogP contribution in [0.2, 0.25) is 0 Å². The fraction of sp³-hybridized carbons (Fsp3) is 0.480. The van der Waals surface area contributed by atoms with Crippen LogP contribution in [0.25, 0.3) is 22.9 Å². The average Bonchev–Trinajstić information content (AvgIpc) is 4.25. The van der Waals surface area contributed by atoms with Crippen molar-refractivity contribution in [3.05, 3.63) is 134 Å². The van der Waals surface area contributed by atoms with Gasteiger partial charge in [-0.3, -0.25) is 9.97 Å². The second kappa shape index (κ2) is 43.9. The lowest BCUT2D eigenvalue weighted by Crippen LogP contribution is -2.41. The van der Waals surface area contributed by atoms with Gasteiger partial charge in [0.2, 0.25) is 18.6 Å². The summed E-state index contributed by atoms with van der Waals surface area (Å²) in [6.07, 6.45) is 26.5. The molecule has 18 nitrogen and oxygen atoms in total. The zero-order chi connectivity index (χ0) is 53.0. The van der Waals surface area contributed by atoms with Crippen LogP contribution >= 0.6 is 0 Å². The third-order valence-electron chi connectivity index (χ3n) is 7.69. The van der Waals surface area contributed by atoms with Gasteiger partial charge in [0.25, 0.3) is 5.82 Å². The van der Waals surface area contributed by atoms with Crippen molar-refractivity contribution in [1.29, 1.82) is 0 Å². The van der Waals surface area contributed by atoms with Gasteiger partial charge >= 0.3 is 0 Å². The normalized spacial score (nSPS) is 8.59. The van der Waals surface area contributed by atoms with Crippen LogP contribution in [0.1, 0.15) is 133 Å². The highest BCUT2D eigenvalue weighted by Crippen LogP contribution is 2.04. The molecule has 68 heavy (non-hydrogen) atoms. The van der Waals surface area contributed by atoms with Gasteiger partial charge in [0, 0.05) is 57.3 Å². The number of pyridine rings is 2. The molecule has 0 radical (unpaired) electrons. The Balaban J connectivity index is -0.000000365. The van der Waals surface area contributed by atoms with E-state index < -0.39 is 0 Å². The SMILES string of the molecule is CC.CC.CC.CC.CC.CC.CC.CC.Cc1cnccc1-[n+]1ccnn1C.Cc1cncnc1-[n+]1ccnn1C.Cc1ncccc1-[n+]1ccnn1C.Cc1ncncc1-[n+]1ccnn1C. The fourth-order valence-corrected chi connectivity index (χ4v) is 4.96. The summed E-state index contributed by atoms with van der Waals surface area (Å²) in [5.41, 5.74) is 7.20. The minimum atomic E-state index is 0.856. The van der Waals surface area contributed by atoms with E-state index in [1.165, 1.54) is 12.7 Å². The van der Waals surface area contributed by atoms with Gasteiger partial charge in [-0.25, -0.2) is 15.0 Å². The van der Waals surface area contributed by atoms with Crippen LogP contribution in [0.5, 0.6) is 0 Å². The number of hydrogen-bond acceptors (Lipinski definition) is 10. The molecule has 8 rings (SSSR count). The minimum absolute atomic E-state index is 0.856. The maximum absolute atomic E-state index is 4.21. The predicted octanol–water partition coefficient (Wildman–Crippen LogP) is 8.60. The van der Waals surface area contributed by atoms with Crippen molar-refractivity contribution in [3.8, 4) is 22.9 Å². The molecule has 0 atom stereocenters. The molecule has 8 heterocycles. The lowest BCUT2D eigenvalue weighted by molar-refractivity contribution is -0.691. The van der Waals surface area contributed by atoms with Crippen LogP contribution in [-0.4, -0.2) is 69.5 Å². The van der Waals surface area contributed by atoms with Gasteiger partial charge in [-0.2, -0.15) is 0 Å². The molecule has 0 saturated heterocycles. The molecule has 0 unspecified atom stereocenters. The Kier molecular flexibility index (Phi) is 43.6. The molecule has 0 fully saturated rings. The highest BCUT2D eigenvalue weighted by Gasteiger charge is 2.13. The van der Waals surface area contributed by atoms with Crippen LogP contribution in [0.15, 0.2) is 111 Å². The highest BCUT2D eigenvalue weighted by atomic mass is 15.5. The lowest BCUT2D eigenvalue weighted by atomic mass is 10.3. The Hall–Kier alpha value is -6.98. The first-order valence-electron chi connectivity index (χ1n) is 24.1. The van der Waals surface area contributed by atoms with Crippen LogP contribution in [0.4, 0.5) is 0 Å². The molecule has 0 aliphatic heterocycles. The summed E-state index contributed by atoms with van der Waals surface area (Å²) in [5, 5.41) is 16.3. The summed E-state index contributed by atoms with van der Waals surface area (Å²) in [7, 11) is 7.53. The fourth-order valence-electron chi connectivity index (χ4n) is 4.96. The second-order valence-electron chi connectivity index (χ2n) is 11.3. The summed E-state index contributed by atoms with van der Waals surface area (Å²) >= 11 is 0. The van der Waals surface area contributed by atoms with Crippen molar-refractivity contribution in [3.63, 3.8) is 0 Å². The minimum Gasteiger partial charge on any atom is -0.264 e.